The number of hydrogen-bond donors (Lipinski definition) is 1. The summed E-state index contributed by atoms with van der Waals surface area (Å²) in [6.07, 6.45) is 6.35. The highest BCUT2D eigenvalue weighted by Gasteiger charge is 2.12. The predicted octanol–water partition coefficient (Wildman–Crippen LogP) is 4.22. The Hall–Kier alpha value is -1.62. The molecule has 0 aliphatic heterocycles. The molecule has 25 heavy (non-hydrogen) atoms. The monoisotopic (exact) mass is 362 g/mol. The van der Waals surface area contributed by atoms with Gasteiger partial charge in [0.15, 0.2) is 0 Å². The Morgan fingerprint density at radius 1 is 1.00 bits per heavy atom. The van der Waals surface area contributed by atoms with Gasteiger partial charge in [0, 0.05) is 37.7 Å². The molecule has 0 aliphatic carbocycles. The smallest absolute Gasteiger partial charge is 0.275 e. The van der Waals surface area contributed by atoms with Crippen LogP contribution in [-0.4, -0.2) is 36.3 Å². The van der Waals surface area contributed by atoms with Crippen LogP contribution < -0.4 is 14.1 Å². The van der Waals surface area contributed by atoms with Crippen LogP contribution >= 0.6 is 11.3 Å². The van der Waals surface area contributed by atoms with E-state index in [2.05, 4.69) is 48.2 Å². The van der Waals surface area contributed by atoms with Crippen LogP contribution in [-0.2, 0) is 0 Å². The Morgan fingerprint density at radius 2 is 1.64 bits per heavy atom. The van der Waals surface area contributed by atoms with E-state index in [1.165, 1.54) is 4.67 Å². The minimum atomic E-state index is 0.282. The van der Waals surface area contributed by atoms with Crippen LogP contribution in [0.15, 0.2) is 18.3 Å². The molecule has 0 amide bonds. The third kappa shape index (κ3) is 4.94. The molecule has 0 radical (unpaired) electrons. The molecular weight excluding hydrogens is 330 g/mol. The first-order valence-corrected chi connectivity index (χ1v) is 10.4. The molecule has 5 heteroatoms. The molecule has 0 fully saturated rings. The summed E-state index contributed by atoms with van der Waals surface area (Å²) < 4.78 is 4.64. The second kappa shape index (κ2) is 9.76. The first-order chi connectivity index (χ1) is 12.1. The molecule has 1 aromatic carbocycles. The summed E-state index contributed by atoms with van der Waals surface area (Å²) in [5, 5.41) is 10.5. The molecular formula is C20H32N3OS+. The van der Waals surface area contributed by atoms with Crippen LogP contribution in [0.1, 0.15) is 53.4 Å². The Labute approximate surface area is 155 Å². The molecule has 0 atom stereocenters. The van der Waals surface area contributed by atoms with E-state index in [9.17, 15) is 5.11 Å². The molecule has 0 unspecified atom stereocenters. The van der Waals surface area contributed by atoms with Crippen LogP contribution in [0, 0.1) is 0 Å². The Kier molecular flexibility index (Phi) is 7.69. The van der Waals surface area contributed by atoms with E-state index < -0.39 is 0 Å². The van der Waals surface area contributed by atoms with Crippen molar-refractivity contribution in [2.24, 2.45) is 0 Å². The van der Waals surface area contributed by atoms with Crippen molar-refractivity contribution in [2.75, 3.05) is 31.1 Å². The molecule has 4 nitrogen and oxygen atoms in total. The van der Waals surface area contributed by atoms with Gasteiger partial charge in [-0.2, -0.15) is 0 Å². The molecule has 0 saturated carbocycles. The van der Waals surface area contributed by atoms with E-state index in [4.69, 9.17) is 0 Å². The molecule has 1 aromatic heterocycles. The third-order valence-electron chi connectivity index (χ3n) is 4.21. The van der Waals surface area contributed by atoms with Crippen LogP contribution in [0.3, 0.4) is 0 Å². The molecule has 0 spiro atoms. The number of hydrogen-bond acceptors (Lipinski definition) is 4. The Bertz CT molecular complexity index is 740. The van der Waals surface area contributed by atoms with Crippen molar-refractivity contribution in [1.82, 2.24) is 9.56 Å². The van der Waals surface area contributed by atoms with Crippen LogP contribution in [0.5, 0.6) is 5.75 Å². The summed E-state index contributed by atoms with van der Waals surface area (Å²) >= 11 is 1.73. The topological polar surface area (TPSA) is 39.4 Å². The number of phenols is 1. The maximum atomic E-state index is 10.5. The van der Waals surface area contributed by atoms with Gasteiger partial charge in [-0.1, -0.05) is 39.0 Å². The van der Waals surface area contributed by atoms with Crippen molar-refractivity contribution in [3.63, 3.8) is 0 Å². The van der Waals surface area contributed by atoms with Crippen molar-refractivity contribution in [2.45, 2.75) is 53.4 Å². The van der Waals surface area contributed by atoms with Crippen molar-refractivity contribution >= 4 is 27.2 Å². The van der Waals surface area contributed by atoms with Gasteiger partial charge in [0.2, 0.25) is 0 Å². The maximum absolute atomic E-state index is 10.5. The van der Waals surface area contributed by atoms with Crippen molar-refractivity contribution < 1.29 is 5.11 Å². The zero-order valence-electron chi connectivity index (χ0n) is 16.1. The largest absolute Gasteiger partial charge is 0.506 e. The fourth-order valence-electron chi connectivity index (χ4n) is 3.16. The van der Waals surface area contributed by atoms with Gasteiger partial charge in [-0.25, -0.2) is 9.56 Å². The third-order valence-corrected chi connectivity index (χ3v) is 5.31. The molecule has 0 saturated heterocycles. The van der Waals surface area contributed by atoms with E-state index in [-0.39, 0.29) is 5.75 Å². The first-order valence-electron chi connectivity index (χ1n) is 9.60. The predicted molar refractivity (Wildman–Crippen MR) is 110 cm³/mol. The minimum Gasteiger partial charge on any atom is -0.506 e. The van der Waals surface area contributed by atoms with Crippen LogP contribution in [0.4, 0.5) is 5.69 Å². The molecule has 0 bridgehead atoms. The number of rotatable bonds is 9. The summed E-state index contributed by atoms with van der Waals surface area (Å²) in [6, 6.07) is 4.06. The lowest BCUT2D eigenvalue weighted by Gasteiger charge is -2.24. The van der Waals surface area contributed by atoms with Gasteiger partial charge in [-0.05, 0) is 18.9 Å². The van der Waals surface area contributed by atoms with E-state index in [1.807, 2.05) is 12.3 Å². The summed E-state index contributed by atoms with van der Waals surface area (Å²) in [4.78, 5) is 6.91. The number of phenolic OH excluding ortho intramolecular Hbond substituents is 1. The van der Waals surface area contributed by atoms with Gasteiger partial charge in [-0.3, -0.25) is 0 Å². The lowest BCUT2D eigenvalue weighted by atomic mass is 10.2. The summed E-state index contributed by atoms with van der Waals surface area (Å²) in [6.45, 7) is 12.9. The fraction of sp³-hybridized carbons (Fsp3) is 0.600. The summed E-state index contributed by atoms with van der Waals surface area (Å²) in [5.74, 6) is 0.282. The second-order valence-corrected chi connectivity index (χ2v) is 7.55. The molecule has 1 N–H and O–H groups in total. The standard InChI is InChI=1S/C20H31N3OS/c1-5-9-22(10-6-2)16-13-17(24)20-18(14-16)25-19(15-21-20)23(11-7-3)12-8-4/h13-15H,5-12H2,1-4H3/p+1. The highest BCUT2D eigenvalue weighted by Crippen LogP contribution is 2.30. The second-order valence-electron chi connectivity index (χ2n) is 6.48. The highest BCUT2D eigenvalue weighted by atomic mass is 32.1. The number of fused-ring (bicyclic) bond motifs is 1. The zero-order chi connectivity index (χ0) is 18.2. The SMILES string of the molecule is CCCN(CCC)c1cc(O)c2ncc(=[N+](CCC)CCC)sc2c1. The van der Waals surface area contributed by atoms with Gasteiger partial charge in [0.05, 0.1) is 4.70 Å². The van der Waals surface area contributed by atoms with Crippen molar-refractivity contribution in [3.8, 4) is 5.75 Å². The van der Waals surface area contributed by atoms with E-state index in [0.29, 0.717) is 5.52 Å². The van der Waals surface area contributed by atoms with E-state index in [0.717, 1.165) is 62.2 Å². The van der Waals surface area contributed by atoms with Gasteiger partial charge >= 0.3 is 0 Å². The minimum absolute atomic E-state index is 0.282. The quantitative estimate of drug-likeness (QED) is 0.679. The number of nitrogens with zero attached hydrogens (tertiary/aromatic N) is 3. The number of aromatic nitrogens is 1. The molecule has 1 heterocycles. The molecule has 0 aliphatic rings. The molecule has 2 rings (SSSR count). The van der Waals surface area contributed by atoms with Gasteiger partial charge < -0.3 is 10.0 Å². The highest BCUT2D eigenvalue weighted by molar-refractivity contribution is 7.16. The zero-order valence-corrected chi connectivity index (χ0v) is 16.9. The van der Waals surface area contributed by atoms with Gasteiger partial charge in [0.1, 0.15) is 30.6 Å². The Balaban J connectivity index is 2.57. The lowest BCUT2D eigenvalue weighted by Crippen LogP contribution is -2.30. The molecule has 138 valence electrons. The van der Waals surface area contributed by atoms with Gasteiger partial charge in [0.25, 0.3) is 4.67 Å². The fourth-order valence-corrected chi connectivity index (χ4v) is 4.23. The summed E-state index contributed by atoms with van der Waals surface area (Å²) in [7, 11) is 0. The number of benzene rings is 1. The van der Waals surface area contributed by atoms with Crippen molar-refractivity contribution in [1.29, 1.82) is 0 Å². The van der Waals surface area contributed by atoms with E-state index in [1.54, 1.807) is 11.3 Å². The number of anilines is 1. The first kappa shape index (κ1) is 19.7. The lowest BCUT2D eigenvalue weighted by molar-refractivity contribution is 0.480. The van der Waals surface area contributed by atoms with Gasteiger partial charge in [-0.15, -0.1) is 0 Å². The molecule has 2 aromatic rings. The number of aromatic hydroxyl groups is 1. The Morgan fingerprint density at radius 3 is 2.20 bits per heavy atom. The summed E-state index contributed by atoms with van der Waals surface area (Å²) in [5.41, 5.74) is 1.81. The van der Waals surface area contributed by atoms with E-state index >= 15 is 0 Å². The average molecular weight is 363 g/mol. The van der Waals surface area contributed by atoms with Crippen LogP contribution in [0.2, 0.25) is 0 Å². The maximum Gasteiger partial charge on any atom is 0.275 e. The average Bonchev–Trinajstić information content (AvgIpc) is 2.61. The van der Waals surface area contributed by atoms with Crippen LogP contribution in [0.25, 0.3) is 10.2 Å². The normalized spacial score (nSPS) is 11.0. The van der Waals surface area contributed by atoms with Crippen molar-refractivity contribution in [3.05, 3.63) is 23.0 Å².